The minimum absolute atomic E-state index is 0.00451. The lowest BCUT2D eigenvalue weighted by molar-refractivity contribution is -0.115. The van der Waals surface area contributed by atoms with Crippen molar-refractivity contribution in [1.82, 2.24) is 15.2 Å². The van der Waals surface area contributed by atoms with Crippen molar-refractivity contribution in [2.75, 3.05) is 5.32 Å². The third-order valence-corrected chi connectivity index (χ3v) is 4.97. The molecular weight excluding hydrogens is 378 g/mol. The molecule has 2 aromatic heterocycles. The molecule has 1 N–H and O–H groups in total. The van der Waals surface area contributed by atoms with E-state index in [4.69, 9.17) is 11.6 Å². The Bertz CT molecular complexity index is 868. The van der Waals surface area contributed by atoms with Crippen LogP contribution < -0.4 is 5.32 Å². The van der Waals surface area contributed by atoms with E-state index in [1.165, 1.54) is 11.3 Å². The first kappa shape index (κ1) is 16.9. The fourth-order valence-corrected chi connectivity index (χ4v) is 3.60. The van der Waals surface area contributed by atoms with Crippen LogP contribution in [0.25, 0.3) is 10.6 Å². The van der Waals surface area contributed by atoms with Crippen LogP contribution in [0.4, 0.5) is 13.9 Å². The predicted octanol–water partition coefficient (Wildman–Crippen LogP) is 4.43. The molecule has 0 aliphatic carbocycles. The number of amides is 1. The molecule has 10 heteroatoms. The molecule has 24 heavy (non-hydrogen) atoms. The van der Waals surface area contributed by atoms with Gasteiger partial charge in [-0.3, -0.25) is 4.79 Å². The molecule has 0 radical (unpaired) electrons. The highest BCUT2D eigenvalue weighted by atomic mass is 35.5. The van der Waals surface area contributed by atoms with Crippen LogP contribution in [-0.2, 0) is 11.2 Å². The lowest BCUT2D eigenvalue weighted by Gasteiger charge is -1.99. The maximum absolute atomic E-state index is 12.4. The standard InChI is InChI=1S/C14H9ClF2N4OS2/c15-9-4-2-1-3-8(9)12-18-7(6-23-12)5-10(22)19-14-21-20-13(24-14)11(16)17/h1-4,6,11H,5H2,(H,19,21,22). The van der Waals surface area contributed by atoms with Crippen LogP contribution in [-0.4, -0.2) is 21.1 Å². The normalized spacial score (nSPS) is 11.0. The van der Waals surface area contributed by atoms with Gasteiger partial charge in [0.15, 0.2) is 5.01 Å². The SMILES string of the molecule is O=C(Cc1csc(-c2ccccc2Cl)n1)Nc1nnc(C(F)F)s1. The van der Waals surface area contributed by atoms with Gasteiger partial charge in [-0.25, -0.2) is 13.8 Å². The molecule has 0 bridgehead atoms. The Labute approximate surface area is 148 Å². The van der Waals surface area contributed by atoms with Gasteiger partial charge in [0.05, 0.1) is 17.1 Å². The van der Waals surface area contributed by atoms with Gasteiger partial charge in [-0.05, 0) is 6.07 Å². The summed E-state index contributed by atoms with van der Waals surface area (Å²) >= 11 is 8.14. The highest BCUT2D eigenvalue weighted by Crippen LogP contribution is 2.30. The highest BCUT2D eigenvalue weighted by Gasteiger charge is 2.16. The van der Waals surface area contributed by atoms with Crippen molar-refractivity contribution in [3.8, 4) is 10.6 Å². The molecule has 0 aliphatic rings. The van der Waals surface area contributed by atoms with Gasteiger partial charge in [-0.2, -0.15) is 0 Å². The molecule has 3 aromatic rings. The third-order valence-electron chi connectivity index (χ3n) is 2.87. The minimum Gasteiger partial charge on any atom is -0.300 e. The first-order valence-corrected chi connectivity index (χ1v) is 8.71. The van der Waals surface area contributed by atoms with E-state index in [1.54, 1.807) is 11.4 Å². The third kappa shape index (κ3) is 3.92. The molecule has 0 saturated heterocycles. The minimum atomic E-state index is -2.70. The largest absolute Gasteiger partial charge is 0.300 e. The van der Waals surface area contributed by atoms with Gasteiger partial charge in [0.2, 0.25) is 11.0 Å². The Hall–Kier alpha value is -1.97. The summed E-state index contributed by atoms with van der Waals surface area (Å²) in [7, 11) is 0. The molecule has 0 atom stereocenters. The number of rotatable bonds is 5. The van der Waals surface area contributed by atoms with Crippen LogP contribution >= 0.6 is 34.3 Å². The Kier molecular flexibility index (Phi) is 5.12. The second kappa shape index (κ2) is 7.29. The number of benzene rings is 1. The average Bonchev–Trinajstić information content (AvgIpc) is 3.17. The quantitative estimate of drug-likeness (QED) is 0.704. The van der Waals surface area contributed by atoms with Gasteiger partial charge in [-0.15, -0.1) is 21.5 Å². The molecular formula is C14H9ClF2N4OS2. The molecule has 1 amide bonds. The summed E-state index contributed by atoms with van der Waals surface area (Å²) in [6, 6.07) is 7.29. The number of thiazole rings is 1. The fourth-order valence-electron chi connectivity index (χ4n) is 1.85. The molecule has 1 aromatic carbocycles. The summed E-state index contributed by atoms with van der Waals surface area (Å²) in [6.07, 6.45) is -2.70. The molecule has 0 spiro atoms. The van der Waals surface area contributed by atoms with Crippen LogP contribution in [0.3, 0.4) is 0 Å². The van der Waals surface area contributed by atoms with Crippen molar-refractivity contribution >= 4 is 45.3 Å². The summed E-state index contributed by atoms with van der Waals surface area (Å²) < 4.78 is 24.9. The summed E-state index contributed by atoms with van der Waals surface area (Å²) in [4.78, 5) is 16.3. The number of hydrogen-bond donors (Lipinski definition) is 1. The van der Waals surface area contributed by atoms with E-state index >= 15 is 0 Å². The van der Waals surface area contributed by atoms with Crippen molar-refractivity contribution in [2.45, 2.75) is 12.8 Å². The number of nitrogens with zero attached hydrogens (tertiary/aromatic N) is 3. The van der Waals surface area contributed by atoms with E-state index in [9.17, 15) is 13.6 Å². The average molecular weight is 387 g/mol. The van der Waals surface area contributed by atoms with Gasteiger partial charge in [0.1, 0.15) is 5.01 Å². The van der Waals surface area contributed by atoms with E-state index < -0.39 is 17.3 Å². The van der Waals surface area contributed by atoms with Crippen LogP contribution in [0.5, 0.6) is 0 Å². The zero-order chi connectivity index (χ0) is 17.1. The van der Waals surface area contributed by atoms with E-state index in [1.807, 2.05) is 18.2 Å². The van der Waals surface area contributed by atoms with E-state index in [2.05, 4.69) is 20.5 Å². The van der Waals surface area contributed by atoms with Crippen LogP contribution in [0.2, 0.25) is 5.02 Å². The van der Waals surface area contributed by atoms with E-state index in [0.29, 0.717) is 27.1 Å². The Morgan fingerprint density at radius 2 is 2.08 bits per heavy atom. The zero-order valence-corrected chi connectivity index (χ0v) is 14.3. The van der Waals surface area contributed by atoms with E-state index in [-0.39, 0.29) is 11.6 Å². The number of halogens is 3. The van der Waals surface area contributed by atoms with E-state index in [0.717, 1.165) is 5.56 Å². The molecule has 2 heterocycles. The molecule has 124 valence electrons. The number of nitrogens with one attached hydrogen (secondary N) is 1. The fraction of sp³-hybridized carbons (Fsp3) is 0.143. The van der Waals surface area contributed by atoms with Gasteiger partial charge in [0.25, 0.3) is 6.43 Å². The summed E-state index contributed by atoms with van der Waals surface area (Å²) in [5, 5.41) is 11.9. The number of aromatic nitrogens is 3. The van der Waals surface area contributed by atoms with Gasteiger partial charge in [-0.1, -0.05) is 41.1 Å². The molecule has 0 saturated carbocycles. The summed E-state index contributed by atoms with van der Waals surface area (Å²) in [5.74, 6) is -0.400. The monoisotopic (exact) mass is 386 g/mol. The van der Waals surface area contributed by atoms with Crippen molar-refractivity contribution in [3.05, 3.63) is 45.4 Å². The molecule has 3 rings (SSSR count). The Morgan fingerprint density at radius 1 is 1.29 bits per heavy atom. The first-order chi connectivity index (χ1) is 11.5. The Morgan fingerprint density at radius 3 is 2.79 bits per heavy atom. The number of hydrogen-bond acceptors (Lipinski definition) is 6. The van der Waals surface area contributed by atoms with Crippen LogP contribution in [0.1, 0.15) is 17.1 Å². The number of anilines is 1. The Balaban J connectivity index is 1.66. The molecule has 0 unspecified atom stereocenters. The maximum Gasteiger partial charge on any atom is 0.291 e. The van der Waals surface area contributed by atoms with Crippen LogP contribution in [0.15, 0.2) is 29.6 Å². The zero-order valence-electron chi connectivity index (χ0n) is 11.9. The van der Waals surface area contributed by atoms with Gasteiger partial charge < -0.3 is 5.32 Å². The van der Waals surface area contributed by atoms with Gasteiger partial charge >= 0.3 is 0 Å². The molecule has 0 aliphatic heterocycles. The second-order valence-corrected chi connectivity index (χ2v) is 6.87. The number of carbonyl (C=O) groups excluding carboxylic acids is 1. The van der Waals surface area contributed by atoms with Crippen molar-refractivity contribution in [1.29, 1.82) is 0 Å². The van der Waals surface area contributed by atoms with Crippen molar-refractivity contribution in [3.63, 3.8) is 0 Å². The first-order valence-electron chi connectivity index (χ1n) is 6.63. The van der Waals surface area contributed by atoms with Crippen molar-refractivity contribution in [2.24, 2.45) is 0 Å². The molecule has 5 nitrogen and oxygen atoms in total. The smallest absolute Gasteiger partial charge is 0.291 e. The summed E-state index contributed by atoms with van der Waals surface area (Å²) in [6.45, 7) is 0. The number of carbonyl (C=O) groups is 1. The number of alkyl halides is 2. The predicted molar refractivity (Wildman–Crippen MR) is 89.8 cm³/mol. The molecule has 0 fully saturated rings. The topological polar surface area (TPSA) is 67.8 Å². The van der Waals surface area contributed by atoms with Crippen LogP contribution in [0, 0.1) is 0 Å². The lowest BCUT2D eigenvalue weighted by Crippen LogP contribution is -2.14. The highest BCUT2D eigenvalue weighted by molar-refractivity contribution is 7.15. The van der Waals surface area contributed by atoms with Crippen molar-refractivity contribution < 1.29 is 13.6 Å². The van der Waals surface area contributed by atoms with Gasteiger partial charge in [0, 0.05) is 10.9 Å². The lowest BCUT2D eigenvalue weighted by atomic mass is 10.2. The maximum atomic E-state index is 12.4. The second-order valence-electron chi connectivity index (χ2n) is 4.59. The summed E-state index contributed by atoms with van der Waals surface area (Å²) in [5.41, 5.74) is 1.35.